The highest BCUT2D eigenvalue weighted by Gasteiger charge is 2.21. The topological polar surface area (TPSA) is 75.0 Å². The summed E-state index contributed by atoms with van der Waals surface area (Å²) in [4.78, 5) is 23.9. The lowest BCUT2D eigenvalue weighted by molar-refractivity contribution is -0.147. The van der Waals surface area contributed by atoms with E-state index in [-0.39, 0.29) is 13.2 Å². The molecule has 140 valence electrons. The largest absolute Gasteiger partial charge is 0.481 e. The Balaban J connectivity index is 1.71. The summed E-state index contributed by atoms with van der Waals surface area (Å²) in [5, 5.41) is 0.551. The second kappa shape index (κ2) is 8.26. The first-order chi connectivity index (χ1) is 13.0. The van der Waals surface area contributed by atoms with Gasteiger partial charge in [-0.15, -0.1) is 0 Å². The molecule has 6 nitrogen and oxygen atoms in total. The summed E-state index contributed by atoms with van der Waals surface area (Å²) in [5.74, 6) is -0.155. The molecule has 0 aliphatic heterocycles. The van der Waals surface area contributed by atoms with Crippen LogP contribution >= 0.6 is 15.9 Å². The number of esters is 2. The normalized spacial score (nSPS) is 10.6. The molecule has 0 saturated heterocycles. The van der Waals surface area contributed by atoms with Crippen molar-refractivity contribution in [2.75, 3.05) is 13.7 Å². The van der Waals surface area contributed by atoms with Crippen LogP contribution in [0.2, 0.25) is 0 Å². The van der Waals surface area contributed by atoms with Crippen molar-refractivity contribution in [2.45, 2.75) is 13.5 Å². The summed E-state index contributed by atoms with van der Waals surface area (Å²) in [5.41, 5.74) is 1.74. The van der Waals surface area contributed by atoms with Gasteiger partial charge in [-0.05, 0) is 40.5 Å². The molecule has 0 radical (unpaired) electrons. The average molecular weight is 433 g/mol. The maximum atomic E-state index is 12.0. The maximum absolute atomic E-state index is 12.0. The van der Waals surface area contributed by atoms with Gasteiger partial charge >= 0.3 is 11.9 Å². The Morgan fingerprint density at radius 3 is 2.59 bits per heavy atom. The van der Waals surface area contributed by atoms with Crippen LogP contribution in [0.1, 0.15) is 21.7 Å². The summed E-state index contributed by atoms with van der Waals surface area (Å²) in [6.07, 6.45) is 0. The SMILES string of the molecule is COC(=O)c1c(C)oc2cc(Br)c(OCC(=O)OCc3ccccc3)cc12. The first-order valence-corrected chi connectivity index (χ1v) is 8.92. The number of furan rings is 1. The number of aryl methyl sites for hydroxylation is 1. The van der Waals surface area contributed by atoms with Crippen LogP contribution in [0, 0.1) is 6.92 Å². The quantitative estimate of drug-likeness (QED) is 0.536. The zero-order valence-electron chi connectivity index (χ0n) is 14.8. The molecule has 0 bridgehead atoms. The van der Waals surface area contributed by atoms with Gasteiger partial charge in [-0.25, -0.2) is 9.59 Å². The summed E-state index contributed by atoms with van der Waals surface area (Å²) >= 11 is 3.38. The Morgan fingerprint density at radius 1 is 1.15 bits per heavy atom. The van der Waals surface area contributed by atoms with Crippen LogP contribution in [0.4, 0.5) is 0 Å². The van der Waals surface area contributed by atoms with E-state index in [4.69, 9.17) is 18.6 Å². The number of fused-ring (bicyclic) bond motifs is 1. The van der Waals surface area contributed by atoms with E-state index in [1.807, 2.05) is 30.3 Å². The Bertz CT molecular complexity index is 977. The standard InChI is InChI=1S/C20H17BrO6/c1-12-19(20(23)24-2)14-8-17(15(21)9-16(14)27-12)25-11-18(22)26-10-13-6-4-3-5-7-13/h3-9H,10-11H2,1-2H3. The average Bonchev–Trinajstić information content (AvgIpc) is 2.99. The second-order valence-electron chi connectivity index (χ2n) is 5.74. The van der Waals surface area contributed by atoms with Crippen molar-refractivity contribution >= 4 is 38.8 Å². The first kappa shape index (κ1) is 19.0. The number of hydrogen-bond donors (Lipinski definition) is 0. The van der Waals surface area contributed by atoms with Crippen molar-refractivity contribution in [1.29, 1.82) is 0 Å². The fourth-order valence-electron chi connectivity index (χ4n) is 2.60. The molecule has 7 heteroatoms. The Morgan fingerprint density at radius 2 is 1.89 bits per heavy atom. The number of carbonyl (C=O) groups excluding carboxylic acids is 2. The van der Waals surface area contributed by atoms with Crippen LogP contribution in [0.25, 0.3) is 11.0 Å². The monoisotopic (exact) mass is 432 g/mol. The zero-order valence-corrected chi connectivity index (χ0v) is 16.4. The molecule has 3 aromatic rings. The molecule has 27 heavy (non-hydrogen) atoms. The van der Waals surface area contributed by atoms with E-state index >= 15 is 0 Å². The van der Waals surface area contributed by atoms with Crippen LogP contribution in [0.5, 0.6) is 5.75 Å². The van der Waals surface area contributed by atoms with Gasteiger partial charge in [0.05, 0.1) is 11.6 Å². The van der Waals surface area contributed by atoms with Gasteiger partial charge in [0.15, 0.2) is 6.61 Å². The van der Waals surface area contributed by atoms with Crippen LogP contribution in [0.3, 0.4) is 0 Å². The van der Waals surface area contributed by atoms with E-state index in [9.17, 15) is 9.59 Å². The molecule has 1 aromatic heterocycles. The number of halogens is 1. The summed E-state index contributed by atoms with van der Waals surface area (Å²) in [6.45, 7) is 1.60. The van der Waals surface area contributed by atoms with Crippen molar-refractivity contribution in [1.82, 2.24) is 0 Å². The van der Waals surface area contributed by atoms with Crippen molar-refractivity contribution in [3.8, 4) is 5.75 Å². The van der Waals surface area contributed by atoms with Crippen molar-refractivity contribution < 1.29 is 28.2 Å². The van der Waals surface area contributed by atoms with Crippen molar-refractivity contribution in [3.05, 3.63) is 63.8 Å². The molecule has 0 N–H and O–H groups in total. The lowest BCUT2D eigenvalue weighted by Gasteiger charge is -2.09. The molecule has 0 aliphatic carbocycles. The second-order valence-corrected chi connectivity index (χ2v) is 6.59. The van der Waals surface area contributed by atoms with E-state index < -0.39 is 11.9 Å². The highest BCUT2D eigenvalue weighted by atomic mass is 79.9. The maximum Gasteiger partial charge on any atom is 0.344 e. The molecular formula is C20H17BrO6. The number of rotatable bonds is 6. The Hall–Kier alpha value is -2.80. The molecule has 0 saturated carbocycles. The predicted molar refractivity (Wildman–Crippen MR) is 102 cm³/mol. The molecule has 3 rings (SSSR count). The van der Waals surface area contributed by atoms with Gasteiger partial charge in [0.2, 0.25) is 0 Å². The third-order valence-electron chi connectivity index (χ3n) is 3.90. The molecule has 0 unspecified atom stereocenters. The fraction of sp³-hybridized carbons (Fsp3) is 0.200. The summed E-state index contributed by atoms with van der Waals surface area (Å²) in [7, 11) is 1.31. The minimum absolute atomic E-state index is 0.177. The number of methoxy groups -OCH3 is 1. The van der Waals surface area contributed by atoms with Crippen LogP contribution in [-0.4, -0.2) is 25.7 Å². The van der Waals surface area contributed by atoms with Gasteiger partial charge in [-0.1, -0.05) is 30.3 Å². The minimum Gasteiger partial charge on any atom is -0.481 e. The van der Waals surface area contributed by atoms with Gasteiger partial charge in [-0.3, -0.25) is 0 Å². The Labute approximate surface area is 164 Å². The smallest absolute Gasteiger partial charge is 0.344 e. The molecule has 0 spiro atoms. The summed E-state index contributed by atoms with van der Waals surface area (Å²) < 4.78 is 21.7. The van der Waals surface area contributed by atoms with E-state index in [1.165, 1.54) is 7.11 Å². The highest BCUT2D eigenvalue weighted by molar-refractivity contribution is 9.10. The molecule has 0 aliphatic rings. The first-order valence-electron chi connectivity index (χ1n) is 8.13. The highest BCUT2D eigenvalue weighted by Crippen LogP contribution is 2.35. The van der Waals surface area contributed by atoms with E-state index in [2.05, 4.69) is 15.9 Å². The van der Waals surface area contributed by atoms with Crippen LogP contribution in [-0.2, 0) is 20.9 Å². The molecule has 2 aromatic carbocycles. The number of carbonyl (C=O) groups is 2. The Kier molecular flexibility index (Phi) is 5.81. The molecule has 1 heterocycles. The van der Waals surface area contributed by atoms with Gasteiger partial charge in [-0.2, -0.15) is 0 Å². The van der Waals surface area contributed by atoms with Crippen molar-refractivity contribution in [3.63, 3.8) is 0 Å². The molecule has 0 fully saturated rings. The minimum atomic E-state index is -0.498. The van der Waals surface area contributed by atoms with Gasteiger partial charge in [0.1, 0.15) is 29.3 Å². The summed E-state index contributed by atoms with van der Waals surface area (Å²) in [6, 6.07) is 12.7. The molecule has 0 atom stereocenters. The van der Waals surface area contributed by atoms with E-state index in [0.717, 1.165) is 5.56 Å². The van der Waals surface area contributed by atoms with Gasteiger partial charge < -0.3 is 18.6 Å². The van der Waals surface area contributed by atoms with E-state index in [0.29, 0.717) is 32.5 Å². The lowest BCUT2D eigenvalue weighted by Crippen LogP contribution is -2.15. The van der Waals surface area contributed by atoms with Gasteiger partial charge in [0, 0.05) is 5.39 Å². The van der Waals surface area contributed by atoms with Crippen LogP contribution < -0.4 is 4.74 Å². The molecular weight excluding hydrogens is 416 g/mol. The predicted octanol–water partition coefficient (Wildman–Crippen LogP) is 4.41. The van der Waals surface area contributed by atoms with Crippen molar-refractivity contribution in [2.24, 2.45) is 0 Å². The fourth-order valence-corrected chi connectivity index (χ4v) is 3.04. The number of benzene rings is 2. The third-order valence-corrected chi connectivity index (χ3v) is 4.52. The zero-order chi connectivity index (χ0) is 19.4. The third kappa shape index (κ3) is 4.31. The molecule has 0 amide bonds. The number of ether oxygens (including phenoxy) is 3. The van der Waals surface area contributed by atoms with E-state index in [1.54, 1.807) is 19.1 Å². The van der Waals surface area contributed by atoms with Crippen LogP contribution in [0.15, 0.2) is 51.4 Å². The number of hydrogen-bond acceptors (Lipinski definition) is 6. The van der Waals surface area contributed by atoms with Gasteiger partial charge in [0.25, 0.3) is 0 Å². The lowest BCUT2D eigenvalue weighted by atomic mass is 10.1.